The van der Waals surface area contributed by atoms with E-state index in [1.165, 1.54) is 17.5 Å². The zero-order chi connectivity index (χ0) is 20.9. The van der Waals surface area contributed by atoms with Crippen LogP contribution in [0.25, 0.3) is 0 Å². The molecule has 1 aliphatic heterocycles. The maximum absolute atomic E-state index is 13.6. The van der Waals surface area contributed by atoms with Gasteiger partial charge in [-0.15, -0.1) is 0 Å². The van der Waals surface area contributed by atoms with Crippen molar-refractivity contribution in [1.29, 1.82) is 5.26 Å². The number of benzene rings is 2. The molecule has 1 aliphatic rings. The molecule has 0 aliphatic carbocycles. The molecule has 0 spiro atoms. The average Bonchev–Trinajstić information content (AvgIpc) is 3.20. The Kier molecular flexibility index (Phi) is 7.01. The van der Waals surface area contributed by atoms with Gasteiger partial charge in [-0.1, -0.05) is 41.9 Å². The highest BCUT2D eigenvalue weighted by atomic mass is 35.5. The Bertz CT molecular complexity index is 976. The van der Waals surface area contributed by atoms with Crippen LogP contribution in [0.3, 0.4) is 0 Å². The number of methoxy groups -OCH3 is 1. The lowest BCUT2D eigenvalue weighted by molar-refractivity contribution is 0.314. The minimum atomic E-state index is -3.85. The van der Waals surface area contributed by atoms with Gasteiger partial charge in [-0.05, 0) is 43.0 Å². The number of rotatable bonds is 8. The van der Waals surface area contributed by atoms with Gasteiger partial charge in [0.15, 0.2) is 6.19 Å². The first-order valence-corrected chi connectivity index (χ1v) is 11.3. The van der Waals surface area contributed by atoms with Crippen LogP contribution in [0, 0.1) is 11.5 Å². The molecular weight excluding hydrogens is 410 g/mol. The Hall–Kier alpha value is -2.27. The highest BCUT2D eigenvalue weighted by Crippen LogP contribution is 2.32. The average molecular weight is 434 g/mol. The van der Waals surface area contributed by atoms with Crippen LogP contribution in [-0.2, 0) is 16.4 Å². The summed E-state index contributed by atoms with van der Waals surface area (Å²) in [7, 11) is -2.41. The first kappa shape index (κ1) is 21.4. The lowest BCUT2D eigenvalue weighted by Crippen LogP contribution is -2.42. The topological polar surface area (TPSA) is 73.6 Å². The lowest BCUT2D eigenvalue weighted by Gasteiger charge is -2.28. The van der Waals surface area contributed by atoms with Crippen molar-refractivity contribution in [3.63, 3.8) is 0 Å². The van der Waals surface area contributed by atoms with E-state index in [0.717, 1.165) is 12.0 Å². The van der Waals surface area contributed by atoms with Crippen molar-refractivity contribution >= 4 is 21.6 Å². The third-order valence-corrected chi connectivity index (χ3v) is 7.32. The molecule has 29 heavy (non-hydrogen) atoms. The van der Waals surface area contributed by atoms with E-state index in [2.05, 4.69) is 6.19 Å². The maximum atomic E-state index is 13.6. The lowest BCUT2D eigenvalue weighted by atomic mass is 10.1. The van der Waals surface area contributed by atoms with Crippen LogP contribution in [0.2, 0.25) is 5.02 Å². The van der Waals surface area contributed by atoms with Gasteiger partial charge in [-0.2, -0.15) is 9.57 Å². The summed E-state index contributed by atoms with van der Waals surface area (Å²) in [6.07, 6.45) is 4.18. The van der Waals surface area contributed by atoms with Crippen LogP contribution in [0.15, 0.2) is 53.4 Å². The third kappa shape index (κ3) is 5.02. The molecule has 154 valence electrons. The van der Waals surface area contributed by atoms with E-state index in [1.54, 1.807) is 17.0 Å². The molecule has 0 aromatic heterocycles. The number of hydrogen-bond acceptors (Lipinski definition) is 5. The largest absolute Gasteiger partial charge is 0.495 e. The summed E-state index contributed by atoms with van der Waals surface area (Å²) in [5.41, 5.74) is 1.16. The van der Waals surface area contributed by atoms with Crippen molar-refractivity contribution in [3.8, 4) is 11.9 Å². The number of halogens is 1. The SMILES string of the molecule is COc1ccc(Cl)cc1S(=O)(=O)N(CCCc1ccccc1)[C@@H]1CCN(C#N)C1. The van der Waals surface area contributed by atoms with Gasteiger partial charge in [0.1, 0.15) is 10.6 Å². The fourth-order valence-electron chi connectivity index (χ4n) is 3.63. The van der Waals surface area contributed by atoms with Crippen LogP contribution < -0.4 is 4.74 Å². The van der Waals surface area contributed by atoms with E-state index in [0.29, 0.717) is 37.5 Å². The molecule has 8 heteroatoms. The molecule has 2 aromatic rings. The van der Waals surface area contributed by atoms with Gasteiger partial charge >= 0.3 is 0 Å². The number of hydrogen-bond donors (Lipinski definition) is 0. The van der Waals surface area contributed by atoms with Gasteiger partial charge in [-0.3, -0.25) is 0 Å². The van der Waals surface area contributed by atoms with E-state index in [4.69, 9.17) is 16.3 Å². The number of likely N-dealkylation sites (tertiary alicyclic amines) is 1. The summed E-state index contributed by atoms with van der Waals surface area (Å²) >= 11 is 6.08. The fraction of sp³-hybridized carbons (Fsp3) is 0.381. The predicted molar refractivity (Wildman–Crippen MR) is 112 cm³/mol. The number of nitrogens with zero attached hydrogens (tertiary/aromatic N) is 3. The molecule has 0 bridgehead atoms. The second kappa shape index (κ2) is 9.49. The summed E-state index contributed by atoms with van der Waals surface area (Å²) in [5.74, 6) is 0.262. The molecule has 1 saturated heterocycles. The number of nitriles is 1. The van der Waals surface area contributed by atoms with Crippen LogP contribution in [0.4, 0.5) is 0 Å². The Labute approximate surface area is 177 Å². The molecule has 1 atom stereocenters. The Morgan fingerprint density at radius 2 is 2.03 bits per heavy atom. The van der Waals surface area contributed by atoms with Crippen LogP contribution in [0.5, 0.6) is 5.75 Å². The Morgan fingerprint density at radius 1 is 1.28 bits per heavy atom. The van der Waals surface area contributed by atoms with Crippen molar-refractivity contribution in [2.24, 2.45) is 0 Å². The van der Waals surface area contributed by atoms with Crippen LogP contribution >= 0.6 is 11.6 Å². The Morgan fingerprint density at radius 3 is 2.69 bits per heavy atom. The maximum Gasteiger partial charge on any atom is 0.247 e. The van der Waals surface area contributed by atoms with E-state index >= 15 is 0 Å². The first-order chi connectivity index (χ1) is 14.0. The molecule has 0 radical (unpaired) electrons. The minimum Gasteiger partial charge on any atom is -0.495 e. The van der Waals surface area contributed by atoms with Crippen molar-refractivity contribution in [2.45, 2.75) is 30.2 Å². The van der Waals surface area contributed by atoms with Crippen LogP contribution in [0.1, 0.15) is 18.4 Å². The molecular formula is C21H24ClN3O3S. The first-order valence-electron chi connectivity index (χ1n) is 9.49. The molecule has 0 unspecified atom stereocenters. The normalized spacial score (nSPS) is 16.8. The summed E-state index contributed by atoms with van der Waals surface area (Å²) < 4.78 is 34.0. The third-order valence-electron chi connectivity index (χ3n) is 5.11. The van der Waals surface area contributed by atoms with Crippen molar-refractivity contribution < 1.29 is 13.2 Å². The van der Waals surface area contributed by atoms with E-state index in [9.17, 15) is 13.7 Å². The van der Waals surface area contributed by atoms with Gasteiger partial charge in [0, 0.05) is 30.7 Å². The summed E-state index contributed by atoms with van der Waals surface area (Å²) in [6.45, 7) is 1.30. The molecule has 0 saturated carbocycles. The predicted octanol–water partition coefficient (Wildman–Crippen LogP) is 3.53. The smallest absolute Gasteiger partial charge is 0.247 e. The molecule has 0 amide bonds. The van der Waals surface area contributed by atoms with Gasteiger partial charge < -0.3 is 9.64 Å². The second-order valence-corrected chi connectivity index (χ2v) is 9.28. The number of sulfonamides is 1. The van der Waals surface area contributed by atoms with Gasteiger partial charge in [0.2, 0.25) is 10.0 Å². The molecule has 1 fully saturated rings. The van der Waals surface area contributed by atoms with Gasteiger partial charge in [0.25, 0.3) is 0 Å². The molecule has 3 rings (SSSR count). The summed E-state index contributed by atoms with van der Waals surface area (Å²) in [5, 5.41) is 9.53. The minimum absolute atomic E-state index is 0.0580. The second-order valence-electron chi connectivity index (χ2n) is 6.99. The Balaban J connectivity index is 1.87. The molecule has 6 nitrogen and oxygen atoms in total. The van der Waals surface area contributed by atoms with Crippen molar-refractivity contribution in [3.05, 3.63) is 59.1 Å². The fourth-order valence-corrected chi connectivity index (χ4v) is 5.73. The summed E-state index contributed by atoms with van der Waals surface area (Å²) in [6, 6.07) is 14.3. The van der Waals surface area contributed by atoms with Crippen LogP contribution in [-0.4, -0.2) is 50.4 Å². The van der Waals surface area contributed by atoms with Crippen molar-refractivity contribution in [1.82, 2.24) is 9.21 Å². The van der Waals surface area contributed by atoms with E-state index < -0.39 is 10.0 Å². The highest BCUT2D eigenvalue weighted by molar-refractivity contribution is 7.89. The quantitative estimate of drug-likeness (QED) is 0.595. The zero-order valence-electron chi connectivity index (χ0n) is 16.3. The number of aryl methyl sites for hydroxylation is 1. The zero-order valence-corrected chi connectivity index (χ0v) is 17.9. The van der Waals surface area contributed by atoms with E-state index in [-0.39, 0.29) is 16.7 Å². The highest BCUT2D eigenvalue weighted by Gasteiger charge is 2.37. The summed E-state index contributed by atoms with van der Waals surface area (Å²) in [4.78, 5) is 1.65. The van der Waals surface area contributed by atoms with Crippen molar-refractivity contribution in [2.75, 3.05) is 26.7 Å². The van der Waals surface area contributed by atoms with Gasteiger partial charge in [-0.25, -0.2) is 8.42 Å². The monoisotopic (exact) mass is 433 g/mol. The standard InChI is InChI=1S/C21H24ClN3O3S/c1-28-20-10-9-18(22)14-21(20)29(26,27)25(19-11-13-24(15-19)16-23)12-5-8-17-6-3-2-4-7-17/h2-4,6-7,9-10,14,19H,5,8,11-13,15H2,1H3/t19-/m1/s1. The van der Waals surface area contributed by atoms with Gasteiger partial charge in [0.05, 0.1) is 7.11 Å². The number of ether oxygens (including phenoxy) is 1. The molecule has 2 aromatic carbocycles. The molecule has 0 N–H and O–H groups in total. The van der Waals surface area contributed by atoms with E-state index in [1.807, 2.05) is 30.3 Å². The molecule has 1 heterocycles.